The summed E-state index contributed by atoms with van der Waals surface area (Å²) in [6, 6.07) is 19.0. The van der Waals surface area contributed by atoms with Crippen LogP contribution >= 0.6 is 0 Å². The van der Waals surface area contributed by atoms with E-state index in [-0.39, 0.29) is 0 Å². The molecule has 0 heterocycles. The Balaban J connectivity index is 0.000000231. The van der Waals surface area contributed by atoms with Gasteiger partial charge in [-0.3, -0.25) is 0 Å². The van der Waals surface area contributed by atoms with Crippen LogP contribution in [0.25, 0.3) is 11.1 Å². The van der Waals surface area contributed by atoms with Gasteiger partial charge >= 0.3 is 0 Å². The molecule has 0 bridgehead atoms. The first-order chi connectivity index (χ1) is 10.4. The van der Waals surface area contributed by atoms with E-state index >= 15 is 0 Å². The fraction of sp³-hybridized carbons (Fsp3) is 0.400. The molecule has 2 aromatic carbocycles. The third-order valence-corrected chi connectivity index (χ3v) is 3.66. The van der Waals surface area contributed by atoms with Gasteiger partial charge in [0.25, 0.3) is 0 Å². The number of benzene rings is 2. The van der Waals surface area contributed by atoms with E-state index in [0.717, 1.165) is 7.11 Å². The Kier molecular flexibility index (Phi) is 9.23. The molecule has 1 aliphatic carbocycles. The molecule has 0 unspecified atom stereocenters. The summed E-state index contributed by atoms with van der Waals surface area (Å²) in [5, 5.41) is 7.00. The SMILES string of the molecule is C1CCCCC1.CO.Cc1ccc(-c2ccccc2)cc1. The monoisotopic (exact) mass is 284 g/mol. The molecule has 0 spiro atoms. The molecule has 2 aromatic rings. The van der Waals surface area contributed by atoms with Gasteiger partial charge in [-0.2, -0.15) is 0 Å². The smallest absolute Gasteiger partial charge is 0.0319 e. The lowest BCUT2D eigenvalue weighted by atomic mass is 10.0. The molecule has 1 fully saturated rings. The van der Waals surface area contributed by atoms with Crippen molar-refractivity contribution in [3.8, 4) is 11.1 Å². The van der Waals surface area contributed by atoms with Crippen molar-refractivity contribution in [1.82, 2.24) is 0 Å². The maximum absolute atomic E-state index is 7.00. The Labute approximate surface area is 129 Å². The zero-order valence-electron chi connectivity index (χ0n) is 13.4. The van der Waals surface area contributed by atoms with E-state index in [1.165, 1.54) is 55.2 Å². The van der Waals surface area contributed by atoms with Crippen LogP contribution in [0.1, 0.15) is 44.1 Å². The largest absolute Gasteiger partial charge is 0.400 e. The number of rotatable bonds is 1. The minimum Gasteiger partial charge on any atom is -0.400 e. The first-order valence-corrected chi connectivity index (χ1v) is 7.93. The average molecular weight is 284 g/mol. The lowest BCUT2D eigenvalue weighted by molar-refractivity contribution is 0.399. The molecule has 3 rings (SSSR count). The topological polar surface area (TPSA) is 20.2 Å². The summed E-state index contributed by atoms with van der Waals surface area (Å²) in [6.45, 7) is 2.11. The summed E-state index contributed by atoms with van der Waals surface area (Å²) in [6.07, 6.45) is 9.00. The fourth-order valence-electron chi connectivity index (χ4n) is 2.44. The van der Waals surface area contributed by atoms with Crippen molar-refractivity contribution in [3.63, 3.8) is 0 Å². The molecule has 0 radical (unpaired) electrons. The fourth-order valence-corrected chi connectivity index (χ4v) is 2.44. The minimum atomic E-state index is 1.00. The summed E-state index contributed by atoms with van der Waals surface area (Å²) in [4.78, 5) is 0. The van der Waals surface area contributed by atoms with E-state index in [1.54, 1.807) is 0 Å². The van der Waals surface area contributed by atoms with E-state index in [2.05, 4.69) is 55.5 Å². The highest BCUT2D eigenvalue weighted by Crippen LogP contribution is 2.18. The summed E-state index contributed by atoms with van der Waals surface area (Å²) < 4.78 is 0. The molecular weight excluding hydrogens is 256 g/mol. The maximum Gasteiger partial charge on any atom is 0.0319 e. The van der Waals surface area contributed by atoms with Crippen molar-refractivity contribution in [1.29, 1.82) is 0 Å². The highest BCUT2D eigenvalue weighted by molar-refractivity contribution is 5.63. The van der Waals surface area contributed by atoms with Gasteiger partial charge in [0.1, 0.15) is 0 Å². The minimum absolute atomic E-state index is 1.00. The van der Waals surface area contributed by atoms with Gasteiger partial charge in [0.2, 0.25) is 0 Å². The number of aliphatic hydroxyl groups is 1. The summed E-state index contributed by atoms with van der Waals surface area (Å²) in [7, 11) is 1.00. The van der Waals surface area contributed by atoms with Crippen LogP contribution in [0, 0.1) is 6.92 Å². The third kappa shape index (κ3) is 7.10. The van der Waals surface area contributed by atoms with Crippen molar-refractivity contribution < 1.29 is 5.11 Å². The van der Waals surface area contributed by atoms with Crippen LogP contribution in [-0.4, -0.2) is 12.2 Å². The molecule has 0 aliphatic heterocycles. The van der Waals surface area contributed by atoms with E-state index in [4.69, 9.17) is 5.11 Å². The predicted octanol–water partition coefficient (Wildman–Crippen LogP) is 5.61. The Morgan fingerprint density at radius 2 is 0.952 bits per heavy atom. The number of aliphatic hydroxyl groups excluding tert-OH is 1. The lowest BCUT2D eigenvalue weighted by Crippen LogP contribution is -1.85. The Morgan fingerprint density at radius 1 is 0.571 bits per heavy atom. The van der Waals surface area contributed by atoms with Crippen LogP contribution < -0.4 is 0 Å². The van der Waals surface area contributed by atoms with Crippen molar-refractivity contribution in [2.24, 2.45) is 0 Å². The third-order valence-electron chi connectivity index (χ3n) is 3.66. The second kappa shape index (κ2) is 11.1. The van der Waals surface area contributed by atoms with Crippen LogP contribution in [0.5, 0.6) is 0 Å². The van der Waals surface area contributed by atoms with Crippen LogP contribution in [0.3, 0.4) is 0 Å². The molecular formula is C20H28O. The molecule has 0 atom stereocenters. The lowest BCUT2D eigenvalue weighted by Gasteiger charge is -2.05. The molecule has 21 heavy (non-hydrogen) atoms. The summed E-state index contributed by atoms with van der Waals surface area (Å²) in [5.74, 6) is 0. The molecule has 114 valence electrons. The van der Waals surface area contributed by atoms with Gasteiger partial charge in [0.05, 0.1) is 0 Å². The Hall–Kier alpha value is -1.60. The quantitative estimate of drug-likeness (QED) is 0.721. The Morgan fingerprint density at radius 3 is 1.38 bits per heavy atom. The van der Waals surface area contributed by atoms with Crippen molar-refractivity contribution in [2.75, 3.05) is 7.11 Å². The molecule has 1 saturated carbocycles. The van der Waals surface area contributed by atoms with Gasteiger partial charge in [-0.15, -0.1) is 0 Å². The molecule has 0 amide bonds. The molecule has 1 N–H and O–H groups in total. The maximum atomic E-state index is 7.00. The van der Waals surface area contributed by atoms with Crippen LogP contribution in [-0.2, 0) is 0 Å². The molecule has 1 aliphatic rings. The number of hydrogen-bond donors (Lipinski definition) is 1. The first-order valence-electron chi connectivity index (χ1n) is 7.93. The van der Waals surface area contributed by atoms with Gasteiger partial charge in [0, 0.05) is 7.11 Å². The van der Waals surface area contributed by atoms with Crippen LogP contribution in [0.2, 0.25) is 0 Å². The normalized spacial score (nSPS) is 13.3. The first kappa shape index (κ1) is 17.5. The highest BCUT2D eigenvalue weighted by atomic mass is 16.2. The van der Waals surface area contributed by atoms with E-state index in [1.807, 2.05) is 6.07 Å². The number of hydrogen-bond acceptors (Lipinski definition) is 1. The molecule has 0 saturated heterocycles. The highest BCUT2D eigenvalue weighted by Gasteiger charge is 1.95. The predicted molar refractivity (Wildman–Crippen MR) is 92.5 cm³/mol. The van der Waals surface area contributed by atoms with Gasteiger partial charge in [-0.05, 0) is 18.1 Å². The molecule has 0 aromatic heterocycles. The van der Waals surface area contributed by atoms with Gasteiger partial charge in [0.15, 0.2) is 0 Å². The molecule has 1 heteroatoms. The summed E-state index contributed by atoms with van der Waals surface area (Å²) in [5.41, 5.74) is 3.87. The van der Waals surface area contributed by atoms with Gasteiger partial charge in [-0.25, -0.2) is 0 Å². The number of aryl methyl sites for hydroxylation is 1. The second-order valence-electron chi connectivity index (χ2n) is 5.35. The zero-order chi connectivity index (χ0) is 15.3. The van der Waals surface area contributed by atoms with Crippen molar-refractivity contribution >= 4 is 0 Å². The van der Waals surface area contributed by atoms with E-state index in [0.29, 0.717) is 0 Å². The standard InChI is InChI=1S/C13H12.C6H12.CH4O/c1-11-7-9-13(10-8-11)12-5-3-2-4-6-12;1-2-4-6-5-3-1;1-2/h2-10H,1H3;1-6H2;2H,1H3. The van der Waals surface area contributed by atoms with Gasteiger partial charge < -0.3 is 5.11 Å². The Bertz CT molecular complexity index is 443. The van der Waals surface area contributed by atoms with E-state index in [9.17, 15) is 0 Å². The second-order valence-corrected chi connectivity index (χ2v) is 5.35. The summed E-state index contributed by atoms with van der Waals surface area (Å²) >= 11 is 0. The van der Waals surface area contributed by atoms with Gasteiger partial charge in [-0.1, -0.05) is 98.7 Å². The zero-order valence-corrected chi connectivity index (χ0v) is 13.4. The molecule has 1 nitrogen and oxygen atoms in total. The van der Waals surface area contributed by atoms with Crippen LogP contribution in [0.4, 0.5) is 0 Å². The van der Waals surface area contributed by atoms with Crippen LogP contribution in [0.15, 0.2) is 54.6 Å². The average Bonchev–Trinajstić information content (AvgIpc) is 2.60. The van der Waals surface area contributed by atoms with Crippen molar-refractivity contribution in [2.45, 2.75) is 45.4 Å². The van der Waals surface area contributed by atoms with E-state index < -0.39 is 0 Å². The van der Waals surface area contributed by atoms with Crippen molar-refractivity contribution in [3.05, 3.63) is 60.2 Å².